The van der Waals surface area contributed by atoms with Crippen LogP contribution in [0.15, 0.2) is 6.20 Å². The van der Waals surface area contributed by atoms with Crippen molar-refractivity contribution in [3.05, 3.63) is 17.5 Å². The van der Waals surface area contributed by atoms with Crippen molar-refractivity contribution in [3.8, 4) is 0 Å². The highest BCUT2D eigenvalue weighted by Crippen LogP contribution is 2.11. The van der Waals surface area contributed by atoms with E-state index in [1.165, 1.54) is 6.20 Å². The minimum atomic E-state index is -0.231. The van der Waals surface area contributed by atoms with Crippen LogP contribution in [0.2, 0.25) is 0 Å². The molecule has 1 aromatic rings. The van der Waals surface area contributed by atoms with Gasteiger partial charge in [0.1, 0.15) is 0 Å². The van der Waals surface area contributed by atoms with Crippen molar-refractivity contribution in [3.63, 3.8) is 0 Å². The molecule has 1 fully saturated rings. The Morgan fingerprint density at radius 2 is 2.32 bits per heavy atom. The Kier molecular flexibility index (Phi) is 3.64. The zero-order chi connectivity index (χ0) is 14.0. The number of piperidine rings is 1. The lowest BCUT2D eigenvalue weighted by atomic mass is 10.1. The monoisotopic (exact) mass is 263 g/mol. The fraction of sp³-hybridized carbons (Fsp3) is 0.500. The number of hydrogen-bond donors (Lipinski definition) is 2. The molecule has 7 heteroatoms. The normalized spacial score (nSPS) is 19.4. The minimum absolute atomic E-state index is 0.0350. The van der Waals surface area contributed by atoms with Crippen LogP contribution >= 0.6 is 0 Å². The van der Waals surface area contributed by atoms with E-state index in [4.69, 9.17) is 5.73 Å². The summed E-state index contributed by atoms with van der Waals surface area (Å²) in [5, 5.41) is 2.89. The number of carbonyl (C=O) groups excluding carboxylic acids is 2. The van der Waals surface area contributed by atoms with Crippen LogP contribution in [0.1, 0.15) is 28.9 Å². The average Bonchev–Trinajstić information content (AvgIpc) is 2.33. The molecule has 2 heterocycles. The Labute approximate surface area is 111 Å². The number of likely N-dealkylation sites (tertiary alicyclic amines) is 1. The Hall–Kier alpha value is -2.18. The maximum Gasteiger partial charge on any atom is 0.254 e. The molecular formula is C12H17N5O2. The van der Waals surface area contributed by atoms with Gasteiger partial charge in [-0.05, 0) is 13.3 Å². The predicted octanol–water partition coefficient (Wildman–Crippen LogP) is -0.282. The van der Waals surface area contributed by atoms with E-state index in [2.05, 4.69) is 15.3 Å². The fourth-order valence-corrected chi connectivity index (χ4v) is 2.10. The number of nitrogens with zero attached hydrogens (tertiary/aromatic N) is 3. The van der Waals surface area contributed by atoms with E-state index in [0.717, 1.165) is 0 Å². The topological polar surface area (TPSA) is 101 Å². The zero-order valence-electron chi connectivity index (χ0n) is 11.0. The van der Waals surface area contributed by atoms with E-state index in [-0.39, 0.29) is 23.8 Å². The molecule has 102 valence electrons. The summed E-state index contributed by atoms with van der Waals surface area (Å²) in [6, 6.07) is -0.0350. The maximum atomic E-state index is 12.1. The Bertz CT molecular complexity index is 517. The van der Waals surface area contributed by atoms with E-state index < -0.39 is 0 Å². The summed E-state index contributed by atoms with van der Waals surface area (Å²) in [5.41, 5.74) is 6.40. The van der Waals surface area contributed by atoms with Crippen molar-refractivity contribution in [1.29, 1.82) is 0 Å². The SMILES string of the molecule is Cc1nc(N)ncc1C(=O)NC1CCC(=O)N(C)C1. The van der Waals surface area contributed by atoms with Crippen LogP contribution in [0, 0.1) is 6.92 Å². The third-order valence-corrected chi connectivity index (χ3v) is 3.20. The smallest absolute Gasteiger partial charge is 0.254 e. The molecule has 1 saturated heterocycles. The van der Waals surface area contributed by atoms with E-state index in [9.17, 15) is 9.59 Å². The van der Waals surface area contributed by atoms with E-state index in [0.29, 0.717) is 30.6 Å². The van der Waals surface area contributed by atoms with Crippen LogP contribution in [-0.2, 0) is 4.79 Å². The van der Waals surface area contributed by atoms with Crippen molar-refractivity contribution >= 4 is 17.8 Å². The molecule has 0 bridgehead atoms. The number of nitrogens with two attached hydrogens (primary N) is 1. The van der Waals surface area contributed by atoms with Crippen molar-refractivity contribution in [2.75, 3.05) is 19.3 Å². The minimum Gasteiger partial charge on any atom is -0.368 e. The second-order valence-corrected chi connectivity index (χ2v) is 4.71. The maximum absolute atomic E-state index is 12.1. The van der Waals surface area contributed by atoms with Gasteiger partial charge in [-0.25, -0.2) is 9.97 Å². The molecule has 0 saturated carbocycles. The standard InChI is InChI=1S/C12H17N5O2/c1-7-9(5-14-12(13)15-7)11(19)16-8-3-4-10(18)17(2)6-8/h5,8H,3-4,6H2,1-2H3,(H,16,19)(H2,13,14,15). The van der Waals surface area contributed by atoms with Crippen LogP contribution in [0.3, 0.4) is 0 Å². The second-order valence-electron chi connectivity index (χ2n) is 4.71. The molecule has 3 N–H and O–H groups in total. The predicted molar refractivity (Wildman–Crippen MR) is 69.3 cm³/mol. The van der Waals surface area contributed by atoms with Crippen LogP contribution in [-0.4, -0.2) is 46.3 Å². The highest BCUT2D eigenvalue weighted by molar-refractivity contribution is 5.95. The summed E-state index contributed by atoms with van der Waals surface area (Å²) >= 11 is 0. The first-order chi connectivity index (χ1) is 8.97. The third-order valence-electron chi connectivity index (χ3n) is 3.20. The second kappa shape index (κ2) is 5.21. The van der Waals surface area contributed by atoms with Gasteiger partial charge in [0.05, 0.1) is 11.3 Å². The lowest BCUT2D eigenvalue weighted by Crippen LogP contribution is -2.48. The summed E-state index contributed by atoms with van der Waals surface area (Å²) in [7, 11) is 1.73. The van der Waals surface area contributed by atoms with Gasteiger partial charge in [0.2, 0.25) is 11.9 Å². The molecule has 1 unspecified atom stereocenters. The molecule has 0 aromatic carbocycles. The van der Waals surface area contributed by atoms with Gasteiger partial charge in [-0.1, -0.05) is 0 Å². The number of rotatable bonds is 2. The molecule has 1 aromatic heterocycles. The van der Waals surface area contributed by atoms with Crippen molar-refractivity contribution in [2.45, 2.75) is 25.8 Å². The number of nitrogens with one attached hydrogen (secondary N) is 1. The first-order valence-electron chi connectivity index (χ1n) is 6.11. The Morgan fingerprint density at radius 3 is 2.95 bits per heavy atom. The van der Waals surface area contributed by atoms with Crippen LogP contribution in [0.4, 0.5) is 5.95 Å². The number of carbonyl (C=O) groups is 2. The van der Waals surface area contributed by atoms with Crippen molar-refractivity contribution in [2.24, 2.45) is 0 Å². The highest BCUT2D eigenvalue weighted by atomic mass is 16.2. The van der Waals surface area contributed by atoms with Gasteiger partial charge in [0, 0.05) is 32.3 Å². The van der Waals surface area contributed by atoms with E-state index in [1.54, 1.807) is 18.9 Å². The summed E-state index contributed by atoms with van der Waals surface area (Å²) < 4.78 is 0. The average molecular weight is 263 g/mol. The van der Waals surface area contributed by atoms with Crippen LogP contribution < -0.4 is 11.1 Å². The molecule has 19 heavy (non-hydrogen) atoms. The van der Waals surface area contributed by atoms with Crippen molar-refractivity contribution in [1.82, 2.24) is 20.2 Å². The van der Waals surface area contributed by atoms with Gasteiger partial charge in [-0.2, -0.15) is 0 Å². The molecule has 2 amide bonds. The van der Waals surface area contributed by atoms with Gasteiger partial charge in [-0.3, -0.25) is 9.59 Å². The number of aromatic nitrogens is 2. The van der Waals surface area contributed by atoms with E-state index in [1.807, 2.05) is 0 Å². The number of likely N-dealkylation sites (N-methyl/N-ethyl adjacent to an activating group) is 1. The third kappa shape index (κ3) is 2.98. The van der Waals surface area contributed by atoms with Gasteiger partial charge < -0.3 is 16.0 Å². The molecule has 1 atom stereocenters. The first-order valence-corrected chi connectivity index (χ1v) is 6.11. The quantitative estimate of drug-likeness (QED) is 0.764. The number of amides is 2. The fourth-order valence-electron chi connectivity index (χ4n) is 2.10. The lowest BCUT2D eigenvalue weighted by Gasteiger charge is -2.30. The largest absolute Gasteiger partial charge is 0.368 e. The summed E-state index contributed by atoms with van der Waals surface area (Å²) in [6.07, 6.45) is 2.53. The van der Waals surface area contributed by atoms with Crippen molar-refractivity contribution < 1.29 is 9.59 Å². The van der Waals surface area contributed by atoms with Gasteiger partial charge in [-0.15, -0.1) is 0 Å². The molecular weight excluding hydrogens is 246 g/mol. The van der Waals surface area contributed by atoms with Crippen LogP contribution in [0.25, 0.3) is 0 Å². The number of nitrogen functional groups attached to an aromatic ring is 1. The molecule has 0 radical (unpaired) electrons. The van der Waals surface area contributed by atoms with Gasteiger partial charge >= 0.3 is 0 Å². The Balaban J connectivity index is 2.03. The van der Waals surface area contributed by atoms with Gasteiger partial charge in [0.15, 0.2) is 0 Å². The van der Waals surface area contributed by atoms with E-state index >= 15 is 0 Å². The molecule has 7 nitrogen and oxygen atoms in total. The highest BCUT2D eigenvalue weighted by Gasteiger charge is 2.25. The molecule has 1 aliphatic heterocycles. The molecule has 2 rings (SSSR count). The van der Waals surface area contributed by atoms with Gasteiger partial charge in [0.25, 0.3) is 5.91 Å². The molecule has 1 aliphatic rings. The molecule has 0 spiro atoms. The summed E-state index contributed by atoms with van der Waals surface area (Å²) in [4.78, 5) is 32.9. The molecule has 0 aliphatic carbocycles. The Morgan fingerprint density at radius 1 is 1.58 bits per heavy atom. The van der Waals surface area contributed by atoms with Crippen LogP contribution in [0.5, 0.6) is 0 Å². The number of hydrogen-bond acceptors (Lipinski definition) is 5. The first kappa shape index (κ1) is 13.3. The summed E-state index contributed by atoms with van der Waals surface area (Å²) in [5.74, 6) is 0.0276. The summed E-state index contributed by atoms with van der Waals surface area (Å²) in [6.45, 7) is 2.24. The number of aryl methyl sites for hydroxylation is 1. The lowest BCUT2D eigenvalue weighted by molar-refractivity contribution is -0.132. The zero-order valence-corrected chi connectivity index (χ0v) is 11.0. The number of anilines is 1.